The zero-order valence-electron chi connectivity index (χ0n) is 11.0. The van der Waals surface area contributed by atoms with Crippen molar-refractivity contribution in [1.29, 1.82) is 0 Å². The summed E-state index contributed by atoms with van der Waals surface area (Å²) in [6.07, 6.45) is 4.36. The predicted octanol–water partition coefficient (Wildman–Crippen LogP) is 2.59. The summed E-state index contributed by atoms with van der Waals surface area (Å²) in [5.74, 6) is -0.630. The number of imidazole rings is 1. The molecule has 0 spiro atoms. The topological polar surface area (TPSA) is 29.9 Å². The number of aromatic nitrogens is 2. The summed E-state index contributed by atoms with van der Waals surface area (Å²) in [6, 6.07) is 4.00. The molecule has 1 aromatic carbocycles. The fraction of sp³-hybridized carbons (Fsp3) is 0.357. The molecule has 0 saturated carbocycles. The van der Waals surface area contributed by atoms with Crippen LogP contribution in [0.4, 0.5) is 8.78 Å². The second kappa shape index (κ2) is 5.93. The summed E-state index contributed by atoms with van der Waals surface area (Å²) in [5, 5.41) is 3.17. The number of aryl methyl sites for hydroxylation is 1. The second-order valence-corrected chi connectivity index (χ2v) is 4.52. The number of hydrogen-bond donors (Lipinski definition) is 1. The molecule has 3 nitrogen and oxygen atoms in total. The standard InChI is InChI=1S/C14H17F2N3/c1-10(11-4-3-5-12(15)14(11)16)17-7-6-13-18-8-9-19(13)2/h3-5,8-10,17H,6-7H2,1-2H3. The SMILES string of the molecule is CC(NCCc1nccn1C)c1cccc(F)c1F. The molecule has 2 aromatic rings. The minimum absolute atomic E-state index is 0.240. The zero-order chi connectivity index (χ0) is 13.8. The van der Waals surface area contributed by atoms with Crippen LogP contribution in [0.25, 0.3) is 0 Å². The molecule has 5 heteroatoms. The van der Waals surface area contributed by atoms with Crippen molar-refractivity contribution in [1.82, 2.24) is 14.9 Å². The van der Waals surface area contributed by atoms with Gasteiger partial charge in [0, 0.05) is 44.0 Å². The number of benzene rings is 1. The van der Waals surface area contributed by atoms with Crippen molar-refractivity contribution in [3.8, 4) is 0 Å². The Morgan fingerprint density at radius 2 is 2.16 bits per heavy atom. The van der Waals surface area contributed by atoms with Crippen LogP contribution >= 0.6 is 0 Å². The molecule has 0 fully saturated rings. The van der Waals surface area contributed by atoms with E-state index in [1.807, 2.05) is 24.7 Å². The first kappa shape index (κ1) is 13.7. The number of hydrogen-bond acceptors (Lipinski definition) is 2. The Balaban J connectivity index is 1.93. The predicted molar refractivity (Wildman–Crippen MR) is 69.7 cm³/mol. The summed E-state index contributed by atoms with van der Waals surface area (Å²) in [4.78, 5) is 4.21. The Bertz CT molecular complexity index is 551. The van der Waals surface area contributed by atoms with Gasteiger partial charge in [0.25, 0.3) is 0 Å². The number of nitrogens with zero attached hydrogens (tertiary/aromatic N) is 2. The number of rotatable bonds is 5. The van der Waals surface area contributed by atoms with E-state index in [0.29, 0.717) is 12.1 Å². The van der Waals surface area contributed by atoms with Gasteiger partial charge in [-0.1, -0.05) is 12.1 Å². The lowest BCUT2D eigenvalue weighted by molar-refractivity contribution is 0.472. The van der Waals surface area contributed by atoms with E-state index in [1.165, 1.54) is 6.07 Å². The summed E-state index contributed by atoms with van der Waals surface area (Å²) in [7, 11) is 1.93. The van der Waals surface area contributed by atoms with Gasteiger partial charge in [-0.05, 0) is 13.0 Å². The van der Waals surface area contributed by atoms with E-state index < -0.39 is 11.6 Å². The Morgan fingerprint density at radius 1 is 1.37 bits per heavy atom. The maximum atomic E-state index is 13.6. The minimum Gasteiger partial charge on any atom is -0.338 e. The maximum Gasteiger partial charge on any atom is 0.163 e. The van der Waals surface area contributed by atoms with Crippen LogP contribution in [-0.2, 0) is 13.5 Å². The quantitative estimate of drug-likeness (QED) is 0.900. The fourth-order valence-electron chi connectivity index (χ4n) is 2.00. The van der Waals surface area contributed by atoms with Gasteiger partial charge in [0.1, 0.15) is 5.82 Å². The summed E-state index contributed by atoms with van der Waals surface area (Å²) in [6.45, 7) is 2.47. The first-order chi connectivity index (χ1) is 9.09. The van der Waals surface area contributed by atoms with Crippen LogP contribution in [0.5, 0.6) is 0 Å². The second-order valence-electron chi connectivity index (χ2n) is 4.52. The van der Waals surface area contributed by atoms with Crippen molar-refractivity contribution in [2.75, 3.05) is 6.54 Å². The molecule has 0 aliphatic carbocycles. The van der Waals surface area contributed by atoms with E-state index in [9.17, 15) is 8.78 Å². The third-order valence-electron chi connectivity index (χ3n) is 3.17. The molecule has 0 aliphatic heterocycles. The van der Waals surface area contributed by atoms with Crippen molar-refractivity contribution >= 4 is 0 Å². The maximum absolute atomic E-state index is 13.6. The smallest absolute Gasteiger partial charge is 0.163 e. The Kier molecular flexibility index (Phi) is 4.27. The summed E-state index contributed by atoms with van der Waals surface area (Å²) < 4.78 is 28.6. The van der Waals surface area contributed by atoms with Crippen LogP contribution in [0.3, 0.4) is 0 Å². The molecule has 0 saturated heterocycles. The third-order valence-corrected chi connectivity index (χ3v) is 3.17. The average Bonchev–Trinajstić information content (AvgIpc) is 2.78. The molecule has 19 heavy (non-hydrogen) atoms. The molecule has 1 atom stereocenters. The molecule has 0 amide bonds. The average molecular weight is 265 g/mol. The van der Waals surface area contributed by atoms with Crippen molar-refractivity contribution < 1.29 is 8.78 Å². The number of nitrogens with one attached hydrogen (secondary N) is 1. The Hall–Kier alpha value is -1.75. The molecule has 1 heterocycles. The molecule has 2 rings (SSSR count). The normalized spacial score (nSPS) is 12.6. The van der Waals surface area contributed by atoms with Crippen molar-refractivity contribution in [3.63, 3.8) is 0 Å². The van der Waals surface area contributed by atoms with Gasteiger partial charge in [0.2, 0.25) is 0 Å². The van der Waals surface area contributed by atoms with Crippen molar-refractivity contribution in [3.05, 3.63) is 53.6 Å². The van der Waals surface area contributed by atoms with Crippen molar-refractivity contribution in [2.24, 2.45) is 7.05 Å². The van der Waals surface area contributed by atoms with Gasteiger partial charge in [0.15, 0.2) is 11.6 Å². The first-order valence-electron chi connectivity index (χ1n) is 6.23. The zero-order valence-corrected chi connectivity index (χ0v) is 11.0. The molecule has 1 aromatic heterocycles. The van der Waals surface area contributed by atoms with Gasteiger partial charge in [0.05, 0.1) is 0 Å². The lowest BCUT2D eigenvalue weighted by Gasteiger charge is -2.15. The van der Waals surface area contributed by atoms with Crippen molar-refractivity contribution in [2.45, 2.75) is 19.4 Å². The van der Waals surface area contributed by atoms with E-state index in [2.05, 4.69) is 10.3 Å². The molecule has 0 bridgehead atoms. The van der Waals surface area contributed by atoms with Gasteiger partial charge in [-0.3, -0.25) is 0 Å². The minimum atomic E-state index is -0.810. The lowest BCUT2D eigenvalue weighted by Crippen LogP contribution is -2.23. The highest BCUT2D eigenvalue weighted by atomic mass is 19.2. The molecular weight excluding hydrogens is 248 g/mol. The molecule has 1 unspecified atom stereocenters. The van der Waals surface area contributed by atoms with Crippen LogP contribution in [-0.4, -0.2) is 16.1 Å². The van der Waals surface area contributed by atoms with Crippen LogP contribution < -0.4 is 5.32 Å². The van der Waals surface area contributed by atoms with E-state index >= 15 is 0 Å². The van der Waals surface area contributed by atoms with Gasteiger partial charge in [-0.25, -0.2) is 13.8 Å². The van der Waals surface area contributed by atoms with Crippen LogP contribution in [0.2, 0.25) is 0 Å². The number of halogens is 2. The Morgan fingerprint density at radius 3 is 2.84 bits per heavy atom. The first-order valence-corrected chi connectivity index (χ1v) is 6.23. The van der Waals surface area contributed by atoms with Gasteiger partial charge in [-0.15, -0.1) is 0 Å². The van der Waals surface area contributed by atoms with Gasteiger partial charge in [-0.2, -0.15) is 0 Å². The van der Waals surface area contributed by atoms with Gasteiger partial charge < -0.3 is 9.88 Å². The monoisotopic (exact) mass is 265 g/mol. The summed E-state index contributed by atoms with van der Waals surface area (Å²) >= 11 is 0. The highest BCUT2D eigenvalue weighted by Gasteiger charge is 2.13. The van der Waals surface area contributed by atoms with Crippen LogP contribution in [0.15, 0.2) is 30.6 Å². The highest BCUT2D eigenvalue weighted by molar-refractivity contribution is 5.21. The van der Waals surface area contributed by atoms with Crippen LogP contribution in [0.1, 0.15) is 24.4 Å². The van der Waals surface area contributed by atoms with E-state index in [-0.39, 0.29) is 6.04 Å². The molecule has 1 N–H and O–H groups in total. The van der Waals surface area contributed by atoms with E-state index in [4.69, 9.17) is 0 Å². The van der Waals surface area contributed by atoms with E-state index in [1.54, 1.807) is 12.3 Å². The van der Waals surface area contributed by atoms with Gasteiger partial charge >= 0.3 is 0 Å². The van der Waals surface area contributed by atoms with Crippen LogP contribution in [0, 0.1) is 11.6 Å². The van der Waals surface area contributed by atoms with E-state index in [0.717, 1.165) is 18.3 Å². The molecule has 0 aliphatic rings. The highest BCUT2D eigenvalue weighted by Crippen LogP contribution is 2.18. The summed E-state index contributed by atoms with van der Waals surface area (Å²) in [5.41, 5.74) is 0.347. The molecular formula is C14H17F2N3. The largest absolute Gasteiger partial charge is 0.338 e. The fourth-order valence-corrected chi connectivity index (χ4v) is 2.00. The third kappa shape index (κ3) is 3.17. The lowest BCUT2D eigenvalue weighted by atomic mass is 10.1. The Labute approximate surface area is 111 Å². The molecule has 102 valence electrons. The molecule has 0 radical (unpaired) electrons.